The van der Waals surface area contributed by atoms with Gasteiger partial charge in [-0.2, -0.15) is 0 Å². The largest absolute Gasteiger partial charge is 0.256 e. The minimum Gasteiger partial charge on any atom is -0.256 e. The third-order valence-electron chi connectivity index (χ3n) is 6.12. The van der Waals surface area contributed by atoms with Crippen molar-refractivity contribution >= 4 is 32.3 Å². The van der Waals surface area contributed by atoms with Crippen LogP contribution in [0.3, 0.4) is 0 Å². The lowest BCUT2D eigenvalue weighted by Gasteiger charge is -2.20. The fourth-order valence-corrected chi connectivity index (χ4v) is 4.62. The number of rotatable bonds is 1. The Kier molecular flexibility index (Phi) is 4.18. The van der Waals surface area contributed by atoms with Crippen LogP contribution in [0.15, 0.2) is 72.9 Å². The van der Waals surface area contributed by atoms with Crippen molar-refractivity contribution in [2.24, 2.45) is 0 Å². The number of aromatic nitrogens is 1. The van der Waals surface area contributed by atoms with Crippen molar-refractivity contribution in [3.05, 3.63) is 89.6 Å². The van der Waals surface area contributed by atoms with Gasteiger partial charge in [-0.3, -0.25) is 4.98 Å². The van der Waals surface area contributed by atoms with E-state index >= 15 is 0 Å². The van der Waals surface area contributed by atoms with Crippen LogP contribution in [-0.4, -0.2) is 4.98 Å². The molecular weight excluding hydrogens is 362 g/mol. The van der Waals surface area contributed by atoms with Crippen molar-refractivity contribution in [3.8, 4) is 11.3 Å². The van der Waals surface area contributed by atoms with E-state index in [1.807, 2.05) is 6.20 Å². The maximum Gasteiger partial charge on any atom is 0.0780 e. The highest BCUT2D eigenvalue weighted by Gasteiger charge is 2.15. The Morgan fingerprint density at radius 3 is 1.93 bits per heavy atom. The first kappa shape index (κ1) is 18.8. The van der Waals surface area contributed by atoms with Crippen molar-refractivity contribution in [3.63, 3.8) is 0 Å². The molecule has 1 nitrogen and oxygen atoms in total. The van der Waals surface area contributed by atoms with Gasteiger partial charge in [0, 0.05) is 17.1 Å². The van der Waals surface area contributed by atoms with E-state index in [2.05, 4.69) is 101 Å². The van der Waals surface area contributed by atoms with Crippen LogP contribution in [0.25, 0.3) is 43.6 Å². The molecule has 0 radical (unpaired) electrons. The summed E-state index contributed by atoms with van der Waals surface area (Å²) in [6.07, 6.45) is 1.95. The second-order valence-corrected chi connectivity index (χ2v) is 9.54. The van der Waals surface area contributed by atoms with Crippen LogP contribution in [0.5, 0.6) is 0 Å². The van der Waals surface area contributed by atoms with E-state index in [-0.39, 0.29) is 5.41 Å². The predicted octanol–water partition coefficient (Wildman–Crippen LogP) is 8.12. The standard InChI is InChI=1S/C29H27N/c1-18-14-19(2)16-21(15-18)28-27-11-10-24-23-9-7-22(29(3,4)5)17-20(23)6-8-25(24)26(27)12-13-30-28/h6-17H,1-5H3. The number of aryl methyl sites for hydroxylation is 2. The normalized spacial score (nSPS) is 12.2. The van der Waals surface area contributed by atoms with Gasteiger partial charge in [-0.05, 0) is 70.0 Å². The van der Waals surface area contributed by atoms with Crippen LogP contribution < -0.4 is 0 Å². The minimum absolute atomic E-state index is 0.152. The Balaban J connectivity index is 1.79. The van der Waals surface area contributed by atoms with E-state index < -0.39 is 0 Å². The highest BCUT2D eigenvalue weighted by Crippen LogP contribution is 2.36. The van der Waals surface area contributed by atoms with Gasteiger partial charge in [0.25, 0.3) is 0 Å². The zero-order valence-electron chi connectivity index (χ0n) is 18.4. The highest BCUT2D eigenvalue weighted by molar-refractivity contribution is 6.18. The summed E-state index contributed by atoms with van der Waals surface area (Å²) in [6, 6.07) is 24.8. The first-order valence-corrected chi connectivity index (χ1v) is 10.6. The Bertz CT molecular complexity index is 1410. The van der Waals surface area contributed by atoms with Gasteiger partial charge in [-0.1, -0.05) is 80.4 Å². The van der Waals surface area contributed by atoms with E-state index in [9.17, 15) is 0 Å². The second-order valence-electron chi connectivity index (χ2n) is 9.54. The molecule has 5 aromatic rings. The number of hydrogen-bond donors (Lipinski definition) is 0. The molecule has 1 aromatic heterocycles. The minimum atomic E-state index is 0.152. The number of benzene rings is 4. The first-order valence-electron chi connectivity index (χ1n) is 10.6. The lowest BCUT2D eigenvalue weighted by molar-refractivity contribution is 0.591. The predicted molar refractivity (Wildman–Crippen MR) is 130 cm³/mol. The maximum atomic E-state index is 4.77. The topological polar surface area (TPSA) is 12.9 Å². The summed E-state index contributed by atoms with van der Waals surface area (Å²) in [6.45, 7) is 11.1. The molecule has 0 spiro atoms. The molecule has 5 rings (SSSR count). The molecule has 0 aliphatic rings. The van der Waals surface area contributed by atoms with Gasteiger partial charge >= 0.3 is 0 Å². The summed E-state index contributed by atoms with van der Waals surface area (Å²) in [4.78, 5) is 4.77. The first-order chi connectivity index (χ1) is 14.3. The van der Waals surface area contributed by atoms with Crippen LogP contribution in [0.4, 0.5) is 0 Å². The van der Waals surface area contributed by atoms with E-state index in [1.54, 1.807) is 0 Å². The molecule has 0 atom stereocenters. The van der Waals surface area contributed by atoms with Gasteiger partial charge in [0.2, 0.25) is 0 Å². The third-order valence-corrected chi connectivity index (χ3v) is 6.12. The van der Waals surface area contributed by atoms with Crippen molar-refractivity contribution in [1.29, 1.82) is 0 Å². The molecule has 1 heteroatoms. The molecule has 0 aliphatic carbocycles. The molecule has 0 bridgehead atoms. The van der Waals surface area contributed by atoms with Gasteiger partial charge in [0.15, 0.2) is 0 Å². The molecular formula is C29H27N. The zero-order chi connectivity index (χ0) is 21.0. The van der Waals surface area contributed by atoms with Gasteiger partial charge < -0.3 is 0 Å². The lowest BCUT2D eigenvalue weighted by atomic mass is 9.85. The van der Waals surface area contributed by atoms with Gasteiger partial charge in [0.1, 0.15) is 0 Å². The number of fused-ring (bicyclic) bond motifs is 5. The number of nitrogens with zero attached hydrogens (tertiary/aromatic N) is 1. The molecule has 0 N–H and O–H groups in total. The number of pyridine rings is 1. The average molecular weight is 390 g/mol. The van der Waals surface area contributed by atoms with Crippen LogP contribution in [0.2, 0.25) is 0 Å². The second kappa shape index (κ2) is 6.67. The fraction of sp³-hybridized carbons (Fsp3) is 0.207. The molecule has 0 aliphatic heterocycles. The van der Waals surface area contributed by atoms with Gasteiger partial charge in [-0.25, -0.2) is 0 Å². The quantitative estimate of drug-likeness (QED) is 0.264. The molecule has 1 heterocycles. The molecule has 148 valence electrons. The zero-order valence-corrected chi connectivity index (χ0v) is 18.4. The molecule has 0 amide bonds. The molecule has 30 heavy (non-hydrogen) atoms. The van der Waals surface area contributed by atoms with Crippen LogP contribution in [-0.2, 0) is 5.41 Å². The summed E-state index contributed by atoms with van der Waals surface area (Å²) >= 11 is 0. The van der Waals surface area contributed by atoms with E-state index in [4.69, 9.17) is 4.98 Å². The van der Waals surface area contributed by atoms with Crippen LogP contribution in [0.1, 0.15) is 37.5 Å². The summed E-state index contributed by atoms with van der Waals surface area (Å²) in [5.41, 5.74) is 6.31. The fourth-order valence-electron chi connectivity index (χ4n) is 4.62. The Morgan fingerprint density at radius 1 is 0.600 bits per heavy atom. The Morgan fingerprint density at radius 2 is 1.20 bits per heavy atom. The maximum absolute atomic E-state index is 4.77. The summed E-state index contributed by atoms with van der Waals surface area (Å²) < 4.78 is 0. The summed E-state index contributed by atoms with van der Waals surface area (Å²) in [5, 5.41) is 7.68. The lowest BCUT2D eigenvalue weighted by Crippen LogP contribution is -2.10. The molecule has 4 aromatic carbocycles. The molecule has 0 fully saturated rings. The highest BCUT2D eigenvalue weighted by atomic mass is 14.7. The SMILES string of the molecule is Cc1cc(C)cc(-c2nccc3c2ccc2c4ccc(C(C)(C)C)cc4ccc32)c1. The van der Waals surface area contributed by atoms with Crippen molar-refractivity contribution < 1.29 is 0 Å². The molecule has 0 saturated heterocycles. The van der Waals surface area contributed by atoms with E-state index in [0.717, 1.165) is 5.69 Å². The van der Waals surface area contributed by atoms with E-state index in [1.165, 1.54) is 54.6 Å². The van der Waals surface area contributed by atoms with Crippen LogP contribution >= 0.6 is 0 Å². The van der Waals surface area contributed by atoms with Crippen LogP contribution in [0, 0.1) is 13.8 Å². The van der Waals surface area contributed by atoms with E-state index in [0.29, 0.717) is 0 Å². The monoisotopic (exact) mass is 389 g/mol. The molecule has 0 saturated carbocycles. The summed E-state index contributed by atoms with van der Waals surface area (Å²) in [5.74, 6) is 0. The average Bonchev–Trinajstić information content (AvgIpc) is 2.71. The Hall–Kier alpha value is -3.19. The van der Waals surface area contributed by atoms with Crippen molar-refractivity contribution in [1.82, 2.24) is 4.98 Å². The number of hydrogen-bond acceptors (Lipinski definition) is 1. The molecule has 0 unspecified atom stereocenters. The smallest absolute Gasteiger partial charge is 0.0780 e. The Labute approximate surface area is 178 Å². The van der Waals surface area contributed by atoms with Gasteiger partial charge in [0.05, 0.1) is 5.69 Å². The summed E-state index contributed by atoms with van der Waals surface area (Å²) in [7, 11) is 0. The van der Waals surface area contributed by atoms with Crippen molar-refractivity contribution in [2.75, 3.05) is 0 Å². The van der Waals surface area contributed by atoms with Gasteiger partial charge in [-0.15, -0.1) is 0 Å². The third kappa shape index (κ3) is 3.06. The van der Waals surface area contributed by atoms with Crippen molar-refractivity contribution in [2.45, 2.75) is 40.0 Å².